The average Bonchev–Trinajstić information content (AvgIpc) is 2.75. The molecule has 0 saturated carbocycles. The van der Waals surface area contributed by atoms with Gasteiger partial charge in [-0.25, -0.2) is 0 Å². The summed E-state index contributed by atoms with van der Waals surface area (Å²) in [7, 11) is 5.11. The largest absolute Gasteiger partial charge is 0.493 e. The van der Waals surface area contributed by atoms with E-state index in [1.807, 2.05) is 32.2 Å². The SMILES string of the molecule is COc1cc(C)c(CN(C)C(=O)CN2CC=C(c3ccccc3)CC2)cc1OC. The van der Waals surface area contributed by atoms with Crippen molar-refractivity contribution in [3.63, 3.8) is 0 Å². The Hall–Kier alpha value is -2.79. The number of amides is 1. The zero-order valence-corrected chi connectivity index (χ0v) is 17.8. The first-order valence-electron chi connectivity index (χ1n) is 9.94. The first-order chi connectivity index (χ1) is 14.0. The van der Waals surface area contributed by atoms with Crippen LogP contribution in [0.5, 0.6) is 11.5 Å². The molecule has 0 aromatic heterocycles. The van der Waals surface area contributed by atoms with Gasteiger partial charge < -0.3 is 14.4 Å². The van der Waals surface area contributed by atoms with Crippen LogP contribution in [-0.2, 0) is 11.3 Å². The number of aryl methyl sites for hydroxylation is 1. The second-order valence-electron chi connectivity index (χ2n) is 7.46. The van der Waals surface area contributed by atoms with Crippen molar-refractivity contribution in [2.45, 2.75) is 19.9 Å². The first kappa shape index (κ1) is 20.9. The highest BCUT2D eigenvalue weighted by molar-refractivity contribution is 5.78. The number of hydrogen-bond acceptors (Lipinski definition) is 4. The van der Waals surface area contributed by atoms with Crippen LogP contribution in [-0.4, -0.2) is 56.6 Å². The number of methoxy groups -OCH3 is 2. The molecule has 0 saturated heterocycles. The highest BCUT2D eigenvalue weighted by Crippen LogP contribution is 2.30. The second-order valence-corrected chi connectivity index (χ2v) is 7.46. The van der Waals surface area contributed by atoms with Gasteiger partial charge in [-0.3, -0.25) is 9.69 Å². The summed E-state index contributed by atoms with van der Waals surface area (Å²) in [4.78, 5) is 16.7. The number of likely N-dealkylation sites (N-methyl/N-ethyl adjacent to an activating group) is 1. The fourth-order valence-electron chi connectivity index (χ4n) is 3.62. The standard InChI is InChI=1S/C24H30N2O3/c1-18-14-22(28-3)23(29-4)15-21(18)16-25(2)24(27)17-26-12-10-20(11-13-26)19-8-6-5-7-9-19/h5-10,14-15H,11-13,16-17H2,1-4H3. The van der Waals surface area contributed by atoms with E-state index in [0.29, 0.717) is 24.6 Å². The molecule has 2 aromatic carbocycles. The molecule has 154 valence electrons. The number of hydrogen-bond donors (Lipinski definition) is 0. The van der Waals surface area contributed by atoms with Crippen molar-refractivity contribution < 1.29 is 14.3 Å². The minimum Gasteiger partial charge on any atom is -0.493 e. The molecule has 1 heterocycles. The van der Waals surface area contributed by atoms with Gasteiger partial charge in [-0.1, -0.05) is 36.4 Å². The van der Waals surface area contributed by atoms with Gasteiger partial charge in [-0.15, -0.1) is 0 Å². The minimum atomic E-state index is 0.121. The summed E-state index contributed by atoms with van der Waals surface area (Å²) in [6.45, 7) is 4.70. The molecule has 0 fully saturated rings. The van der Waals surface area contributed by atoms with E-state index in [1.165, 1.54) is 11.1 Å². The van der Waals surface area contributed by atoms with Crippen molar-refractivity contribution in [2.24, 2.45) is 0 Å². The molecule has 1 aliphatic rings. The van der Waals surface area contributed by atoms with Crippen LogP contribution in [0.2, 0.25) is 0 Å². The van der Waals surface area contributed by atoms with Crippen LogP contribution in [0.1, 0.15) is 23.1 Å². The lowest BCUT2D eigenvalue weighted by molar-refractivity contribution is -0.131. The Morgan fingerprint density at radius 3 is 2.41 bits per heavy atom. The van der Waals surface area contributed by atoms with Crippen LogP contribution in [0, 0.1) is 6.92 Å². The Balaban J connectivity index is 1.58. The molecule has 0 radical (unpaired) electrons. The summed E-state index contributed by atoms with van der Waals surface area (Å²) in [6, 6.07) is 14.4. The number of carbonyl (C=O) groups is 1. The third-order valence-corrected chi connectivity index (χ3v) is 5.47. The molecule has 5 nitrogen and oxygen atoms in total. The normalized spacial score (nSPS) is 14.3. The lowest BCUT2D eigenvalue weighted by Gasteiger charge is -2.28. The summed E-state index contributed by atoms with van der Waals surface area (Å²) >= 11 is 0. The van der Waals surface area contributed by atoms with Crippen LogP contribution in [0.3, 0.4) is 0 Å². The van der Waals surface area contributed by atoms with E-state index in [2.05, 4.69) is 35.2 Å². The Morgan fingerprint density at radius 1 is 1.10 bits per heavy atom. The second kappa shape index (κ2) is 9.61. The van der Waals surface area contributed by atoms with Crippen LogP contribution in [0.15, 0.2) is 48.5 Å². The zero-order chi connectivity index (χ0) is 20.8. The van der Waals surface area contributed by atoms with Gasteiger partial charge in [0.05, 0.1) is 20.8 Å². The van der Waals surface area contributed by atoms with Crippen molar-refractivity contribution >= 4 is 11.5 Å². The summed E-state index contributed by atoms with van der Waals surface area (Å²) in [5, 5.41) is 0. The Bertz CT molecular complexity index is 877. The van der Waals surface area contributed by atoms with Crippen molar-refractivity contribution in [2.75, 3.05) is 40.9 Å². The fourth-order valence-corrected chi connectivity index (χ4v) is 3.62. The van der Waals surface area contributed by atoms with E-state index < -0.39 is 0 Å². The predicted molar refractivity (Wildman–Crippen MR) is 116 cm³/mol. The predicted octanol–water partition coefficient (Wildman–Crippen LogP) is 3.76. The molecule has 1 aliphatic heterocycles. The lowest BCUT2D eigenvalue weighted by atomic mass is 9.99. The monoisotopic (exact) mass is 394 g/mol. The molecule has 1 amide bonds. The first-order valence-corrected chi connectivity index (χ1v) is 9.94. The van der Waals surface area contributed by atoms with Crippen LogP contribution in [0.25, 0.3) is 5.57 Å². The molecule has 0 bridgehead atoms. The number of benzene rings is 2. The van der Waals surface area contributed by atoms with E-state index in [9.17, 15) is 4.79 Å². The quantitative estimate of drug-likeness (QED) is 0.717. The van der Waals surface area contributed by atoms with Crippen LogP contribution < -0.4 is 9.47 Å². The summed E-state index contributed by atoms with van der Waals surface area (Å²) in [5.41, 5.74) is 4.78. The maximum absolute atomic E-state index is 12.8. The summed E-state index contributed by atoms with van der Waals surface area (Å²) in [5.74, 6) is 1.51. The van der Waals surface area contributed by atoms with Crippen molar-refractivity contribution in [3.05, 3.63) is 65.2 Å². The number of nitrogens with zero attached hydrogens (tertiary/aromatic N) is 2. The van der Waals surface area contributed by atoms with Crippen molar-refractivity contribution in [1.29, 1.82) is 0 Å². The zero-order valence-electron chi connectivity index (χ0n) is 17.8. The van der Waals surface area contributed by atoms with E-state index in [0.717, 1.165) is 30.6 Å². The van der Waals surface area contributed by atoms with Crippen molar-refractivity contribution in [1.82, 2.24) is 9.80 Å². The molecule has 0 unspecified atom stereocenters. The van der Waals surface area contributed by atoms with Gasteiger partial charge in [0.15, 0.2) is 11.5 Å². The van der Waals surface area contributed by atoms with Gasteiger partial charge in [0, 0.05) is 26.7 Å². The maximum Gasteiger partial charge on any atom is 0.236 e. The molecule has 0 atom stereocenters. The Labute approximate surface area is 173 Å². The third kappa shape index (κ3) is 5.18. The molecule has 0 spiro atoms. The van der Waals surface area contributed by atoms with E-state index in [4.69, 9.17) is 9.47 Å². The number of carbonyl (C=O) groups excluding carboxylic acids is 1. The van der Waals surface area contributed by atoms with Gasteiger partial charge in [0.1, 0.15) is 0 Å². The van der Waals surface area contributed by atoms with Gasteiger partial charge in [0.25, 0.3) is 0 Å². The molecule has 3 rings (SSSR count). The van der Waals surface area contributed by atoms with E-state index in [1.54, 1.807) is 19.1 Å². The highest BCUT2D eigenvalue weighted by Gasteiger charge is 2.19. The number of ether oxygens (including phenoxy) is 2. The number of rotatable bonds is 7. The lowest BCUT2D eigenvalue weighted by Crippen LogP contribution is -2.40. The molecule has 2 aromatic rings. The van der Waals surface area contributed by atoms with Crippen LogP contribution >= 0.6 is 0 Å². The topological polar surface area (TPSA) is 42.0 Å². The Kier molecular flexibility index (Phi) is 6.94. The van der Waals surface area contributed by atoms with Gasteiger partial charge in [0.2, 0.25) is 5.91 Å². The average molecular weight is 395 g/mol. The Morgan fingerprint density at radius 2 is 1.79 bits per heavy atom. The van der Waals surface area contributed by atoms with E-state index in [-0.39, 0.29) is 5.91 Å². The molecule has 5 heteroatoms. The van der Waals surface area contributed by atoms with E-state index >= 15 is 0 Å². The molecular weight excluding hydrogens is 364 g/mol. The summed E-state index contributed by atoms with van der Waals surface area (Å²) in [6.07, 6.45) is 3.21. The molecule has 0 aliphatic carbocycles. The minimum absolute atomic E-state index is 0.121. The van der Waals surface area contributed by atoms with Gasteiger partial charge in [-0.05, 0) is 47.7 Å². The van der Waals surface area contributed by atoms with Crippen molar-refractivity contribution in [3.8, 4) is 11.5 Å². The summed E-state index contributed by atoms with van der Waals surface area (Å²) < 4.78 is 10.7. The van der Waals surface area contributed by atoms with Crippen LogP contribution in [0.4, 0.5) is 0 Å². The smallest absolute Gasteiger partial charge is 0.236 e. The van der Waals surface area contributed by atoms with Gasteiger partial charge >= 0.3 is 0 Å². The van der Waals surface area contributed by atoms with Gasteiger partial charge in [-0.2, -0.15) is 0 Å². The molecule has 29 heavy (non-hydrogen) atoms. The third-order valence-electron chi connectivity index (χ3n) is 5.47. The molecular formula is C24H30N2O3. The maximum atomic E-state index is 12.8. The highest BCUT2D eigenvalue weighted by atomic mass is 16.5. The fraction of sp³-hybridized carbons (Fsp3) is 0.375. The molecule has 0 N–H and O–H groups in total.